The quantitative estimate of drug-likeness (QED) is 0.462. The fourth-order valence-corrected chi connectivity index (χ4v) is 5.51. The summed E-state index contributed by atoms with van der Waals surface area (Å²) < 4.78 is 32.5. The smallest absolute Gasteiger partial charge is 0.306 e. The van der Waals surface area contributed by atoms with Crippen molar-refractivity contribution >= 4 is 29.1 Å². The van der Waals surface area contributed by atoms with Crippen LogP contribution in [0.2, 0.25) is 5.02 Å². The van der Waals surface area contributed by atoms with Crippen LogP contribution in [0, 0.1) is 5.92 Å². The lowest BCUT2D eigenvalue weighted by Crippen LogP contribution is -2.53. The van der Waals surface area contributed by atoms with Gasteiger partial charge in [-0.15, -0.1) is 0 Å². The minimum Gasteiger partial charge on any atom is -0.507 e. The third-order valence-corrected chi connectivity index (χ3v) is 7.63. The zero-order chi connectivity index (χ0) is 28.6. The molecule has 1 aliphatic heterocycles. The first-order valence-electron chi connectivity index (χ1n) is 12.0. The van der Waals surface area contributed by atoms with Gasteiger partial charge in [-0.25, -0.2) is 0 Å². The van der Waals surface area contributed by atoms with Gasteiger partial charge in [0.2, 0.25) is 11.4 Å². The molecule has 2 aliphatic rings. The van der Waals surface area contributed by atoms with E-state index in [9.17, 15) is 19.5 Å². The summed E-state index contributed by atoms with van der Waals surface area (Å²) in [5.74, 6) is -3.01. The van der Waals surface area contributed by atoms with Gasteiger partial charge in [0, 0.05) is 29.9 Å². The molecule has 0 amide bonds. The van der Waals surface area contributed by atoms with E-state index < -0.39 is 40.7 Å². The maximum absolute atomic E-state index is 14.1. The summed E-state index contributed by atoms with van der Waals surface area (Å²) in [5.41, 5.74) is -1.65. The molecule has 0 saturated carbocycles. The SMILES string of the molecule is COC(=O)CC(C1=C(O)[C@@]2(Oc3c(Cl)c(OC)cc(OC)c3C2=O)[C@H](C)CC1=O)c1ccc(OC)c(OC)c1. The summed E-state index contributed by atoms with van der Waals surface area (Å²) >= 11 is 6.51. The molecule has 0 bridgehead atoms. The van der Waals surface area contributed by atoms with Gasteiger partial charge in [-0.1, -0.05) is 24.6 Å². The fourth-order valence-electron chi connectivity index (χ4n) is 5.24. The van der Waals surface area contributed by atoms with E-state index in [4.69, 9.17) is 40.0 Å². The number of aliphatic hydroxyl groups is 1. The van der Waals surface area contributed by atoms with Gasteiger partial charge in [0.1, 0.15) is 22.1 Å². The number of hydrogen-bond donors (Lipinski definition) is 1. The third kappa shape index (κ3) is 4.32. The van der Waals surface area contributed by atoms with Crippen LogP contribution in [0.5, 0.6) is 28.7 Å². The number of methoxy groups -OCH3 is 5. The van der Waals surface area contributed by atoms with Gasteiger partial charge in [0.05, 0.1) is 42.0 Å². The third-order valence-electron chi connectivity index (χ3n) is 7.27. The predicted molar refractivity (Wildman–Crippen MR) is 140 cm³/mol. The van der Waals surface area contributed by atoms with Crippen molar-refractivity contribution in [3.63, 3.8) is 0 Å². The van der Waals surface area contributed by atoms with Gasteiger partial charge in [0.15, 0.2) is 28.8 Å². The minimum atomic E-state index is -1.99. The number of ether oxygens (including phenoxy) is 6. The van der Waals surface area contributed by atoms with E-state index in [1.807, 2.05) is 0 Å². The minimum absolute atomic E-state index is 0.0166. The van der Waals surface area contributed by atoms with Crippen LogP contribution in [0.15, 0.2) is 35.6 Å². The second kappa shape index (κ2) is 10.7. The molecule has 1 N–H and O–H groups in total. The maximum atomic E-state index is 14.1. The van der Waals surface area contributed by atoms with Crippen LogP contribution in [0.3, 0.4) is 0 Å². The lowest BCUT2D eigenvalue weighted by molar-refractivity contribution is -0.140. The summed E-state index contributed by atoms with van der Waals surface area (Å²) in [4.78, 5) is 40.1. The van der Waals surface area contributed by atoms with E-state index in [0.29, 0.717) is 17.1 Å². The number of Topliss-reactive ketones (excluding diaryl/α,β-unsaturated/α-hetero) is 2. The standard InChI is InChI=1S/C28H29ClO10/c1-13-9-16(30)22(15(11-21(31)38-6)14-7-8-17(34-2)18(10-14)35-3)26(32)28(13)27(33)23-19(36-4)12-20(37-5)24(29)25(23)39-28/h7-8,10,12-13,15,32H,9,11H2,1-6H3/t13-,15?,28+/m1/s1. The Morgan fingerprint density at radius 2 is 1.67 bits per heavy atom. The van der Waals surface area contributed by atoms with Crippen LogP contribution < -0.4 is 23.7 Å². The average molecular weight is 561 g/mol. The normalized spacial score (nSPS) is 20.8. The Bertz CT molecular complexity index is 1380. The molecule has 1 aliphatic carbocycles. The van der Waals surface area contributed by atoms with Crippen molar-refractivity contribution in [3.8, 4) is 28.7 Å². The first-order chi connectivity index (χ1) is 18.6. The number of aliphatic hydroxyl groups excluding tert-OH is 1. The number of carbonyl (C=O) groups is 3. The molecule has 208 valence electrons. The predicted octanol–water partition coefficient (Wildman–Crippen LogP) is 4.46. The zero-order valence-electron chi connectivity index (χ0n) is 22.4. The van der Waals surface area contributed by atoms with E-state index in [-0.39, 0.29) is 46.2 Å². The van der Waals surface area contributed by atoms with E-state index in [0.717, 1.165) is 0 Å². The number of allylic oxidation sites excluding steroid dienone is 1. The molecular formula is C28H29ClO10. The van der Waals surface area contributed by atoms with Gasteiger partial charge in [0.25, 0.3) is 0 Å². The Labute approximate surface area is 230 Å². The first-order valence-corrected chi connectivity index (χ1v) is 12.4. The molecule has 3 atom stereocenters. The maximum Gasteiger partial charge on any atom is 0.306 e. The monoisotopic (exact) mass is 560 g/mol. The number of fused-ring (bicyclic) bond motifs is 1. The van der Waals surface area contributed by atoms with Crippen molar-refractivity contribution in [3.05, 3.63) is 51.7 Å². The average Bonchev–Trinajstić information content (AvgIpc) is 3.25. The molecule has 0 aromatic heterocycles. The molecular weight excluding hydrogens is 532 g/mol. The van der Waals surface area contributed by atoms with E-state index in [1.165, 1.54) is 41.6 Å². The molecule has 1 unspecified atom stereocenters. The summed E-state index contributed by atoms with van der Waals surface area (Å²) in [5, 5.41) is 11.8. The molecule has 2 aromatic carbocycles. The molecule has 10 nitrogen and oxygen atoms in total. The van der Waals surface area contributed by atoms with Crippen molar-refractivity contribution in [2.75, 3.05) is 35.5 Å². The summed E-state index contributed by atoms with van der Waals surface area (Å²) in [7, 11) is 6.92. The zero-order valence-corrected chi connectivity index (χ0v) is 23.1. The molecule has 39 heavy (non-hydrogen) atoms. The topological polar surface area (TPSA) is 127 Å². The van der Waals surface area contributed by atoms with Crippen molar-refractivity contribution in [2.24, 2.45) is 5.92 Å². The van der Waals surface area contributed by atoms with Crippen molar-refractivity contribution < 1.29 is 47.9 Å². The number of hydrogen-bond acceptors (Lipinski definition) is 10. The van der Waals surface area contributed by atoms with Gasteiger partial charge in [-0.05, 0) is 17.7 Å². The van der Waals surface area contributed by atoms with Gasteiger partial charge >= 0.3 is 5.97 Å². The van der Waals surface area contributed by atoms with Crippen LogP contribution in [-0.2, 0) is 14.3 Å². The number of carbonyl (C=O) groups excluding carboxylic acids is 3. The highest BCUT2D eigenvalue weighted by Gasteiger charge is 2.61. The van der Waals surface area contributed by atoms with Crippen molar-refractivity contribution in [1.29, 1.82) is 0 Å². The number of ketones is 2. The number of benzene rings is 2. The first kappa shape index (κ1) is 28.1. The van der Waals surface area contributed by atoms with Crippen LogP contribution in [0.1, 0.15) is 41.6 Å². The van der Waals surface area contributed by atoms with Gasteiger partial charge in [-0.2, -0.15) is 0 Å². The highest BCUT2D eigenvalue weighted by Crippen LogP contribution is 2.56. The van der Waals surface area contributed by atoms with E-state index in [2.05, 4.69) is 0 Å². The molecule has 0 radical (unpaired) electrons. The lowest BCUT2D eigenvalue weighted by atomic mass is 9.69. The molecule has 0 saturated heterocycles. The molecule has 4 rings (SSSR count). The molecule has 1 heterocycles. The summed E-state index contributed by atoms with van der Waals surface area (Å²) in [6, 6.07) is 6.31. The van der Waals surface area contributed by atoms with Crippen LogP contribution >= 0.6 is 11.6 Å². The Morgan fingerprint density at radius 1 is 1.03 bits per heavy atom. The molecule has 11 heteroatoms. The van der Waals surface area contributed by atoms with Crippen molar-refractivity contribution in [1.82, 2.24) is 0 Å². The number of esters is 1. The van der Waals surface area contributed by atoms with Crippen LogP contribution in [0.4, 0.5) is 0 Å². The second-order valence-electron chi connectivity index (χ2n) is 9.20. The highest BCUT2D eigenvalue weighted by atomic mass is 35.5. The highest BCUT2D eigenvalue weighted by molar-refractivity contribution is 6.35. The van der Waals surface area contributed by atoms with E-state index in [1.54, 1.807) is 25.1 Å². The second-order valence-corrected chi connectivity index (χ2v) is 9.58. The van der Waals surface area contributed by atoms with Crippen LogP contribution in [0.25, 0.3) is 0 Å². The largest absolute Gasteiger partial charge is 0.507 e. The fraction of sp³-hybridized carbons (Fsp3) is 0.393. The molecule has 2 aromatic rings. The Balaban J connectivity index is 1.96. The summed E-state index contributed by atoms with van der Waals surface area (Å²) in [6.07, 6.45) is -0.457. The Kier molecular flexibility index (Phi) is 7.70. The van der Waals surface area contributed by atoms with Crippen LogP contribution in [-0.4, -0.2) is 63.8 Å². The Hall–Kier alpha value is -3.92. The van der Waals surface area contributed by atoms with Crippen molar-refractivity contribution in [2.45, 2.75) is 31.3 Å². The van der Waals surface area contributed by atoms with E-state index >= 15 is 0 Å². The molecule has 1 spiro atoms. The van der Waals surface area contributed by atoms with Gasteiger partial charge < -0.3 is 33.5 Å². The lowest BCUT2D eigenvalue weighted by Gasteiger charge is -2.38. The number of rotatable bonds is 8. The van der Waals surface area contributed by atoms with Gasteiger partial charge in [-0.3, -0.25) is 14.4 Å². The Morgan fingerprint density at radius 3 is 2.26 bits per heavy atom. The number of halogens is 1. The molecule has 0 fully saturated rings. The summed E-state index contributed by atoms with van der Waals surface area (Å²) in [6.45, 7) is 1.62.